The molecule has 2 heterocycles. The Labute approximate surface area is 172 Å². The molecule has 7 heteroatoms. The largest absolute Gasteiger partial charge is 0.323 e. The number of likely N-dealkylation sites (N-methyl/N-ethyl adjacent to an activating group) is 1. The third-order valence-corrected chi connectivity index (χ3v) is 5.59. The van der Waals surface area contributed by atoms with Gasteiger partial charge < -0.3 is 15.1 Å². The number of amides is 2. The number of nitrogens with one attached hydrogen (secondary N) is 1. The monoisotopic (exact) mass is 397 g/mol. The highest BCUT2D eigenvalue weighted by molar-refractivity contribution is 6.03. The average molecular weight is 398 g/mol. The molecule has 0 saturated carbocycles. The van der Waals surface area contributed by atoms with Gasteiger partial charge in [-0.15, -0.1) is 0 Å². The van der Waals surface area contributed by atoms with E-state index < -0.39 is 0 Å². The number of benzene rings is 1. The zero-order chi connectivity index (χ0) is 20.8. The standard InChI is InChI=1S/C22H31N5O2/c1-4-17-7-9-20(10-8-17)27-15-18(13-21(27)28)22(29)24-19-14-23-26(16-19)12-11-25(5-2)6-3/h7-10,14,16,18H,4-6,11-13,15H2,1-3H3,(H,24,29). The smallest absolute Gasteiger partial charge is 0.229 e. The SMILES string of the molecule is CCc1ccc(N2CC(C(=O)Nc3cnn(CCN(CC)CC)c3)CC2=O)cc1. The summed E-state index contributed by atoms with van der Waals surface area (Å²) in [5, 5.41) is 7.24. The molecule has 1 aromatic heterocycles. The van der Waals surface area contributed by atoms with Gasteiger partial charge in [0.05, 0.1) is 24.3 Å². The summed E-state index contributed by atoms with van der Waals surface area (Å²) in [7, 11) is 0. The van der Waals surface area contributed by atoms with E-state index in [1.807, 2.05) is 35.1 Å². The molecule has 1 unspecified atom stereocenters. The molecular weight excluding hydrogens is 366 g/mol. The molecule has 156 valence electrons. The Balaban J connectivity index is 1.55. The van der Waals surface area contributed by atoms with E-state index in [0.717, 1.165) is 38.3 Å². The first-order chi connectivity index (χ1) is 14.0. The average Bonchev–Trinajstić information content (AvgIpc) is 3.35. The van der Waals surface area contributed by atoms with Crippen LogP contribution in [0.25, 0.3) is 0 Å². The van der Waals surface area contributed by atoms with Gasteiger partial charge in [0.15, 0.2) is 0 Å². The van der Waals surface area contributed by atoms with Gasteiger partial charge in [-0.3, -0.25) is 14.3 Å². The topological polar surface area (TPSA) is 70.5 Å². The quantitative estimate of drug-likeness (QED) is 0.706. The van der Waals surface area contributed by atoms with E-state index in [2.05, 4.69) is 36.1 Å². The van der Waals surface area contributed by atoms with Crippen molar-refractivity contribution in [3.05, 3.63) is 42.2 Å². The van der Waals surface area contributed by atoms with Crippen molar-refractivity contribution in [3.8, 4) is 0 Å². The van der Waals surface area contributed by atoms with Gasteiger partial charge in [0.25, 0.3) is 0 Å². The van der Waals surface area contributed by atoms with Crippen LogP contribution < -0.4 is 10.2 Å². The van der Waals surface area contributed by atoms with Crippen molar-refractivity contribution in [1.29, 1.82) is 0 Å². The summed E-state index contributed by atoms with van der Waals surface area (Å²) in [6, 6.07) is 7.97. The molecule has 1 atom stereocenters. The fourth-order valence-corrected chi connectivity index (χ4v) is 3.62. The maximum absolute atomic E-state index is 12.7. The lowest BCUT2D eigenvalue weighted by molar-refractivity contribution is -0.122. The molecule has 1 saturated heterocycles. The molecule has 29 heavy (non-hydrogen) atoms. The molecule has 3 rings (SSSR count). The number of nitrogens with zero attached hydrogens (tertiary/aromatic N) is 4. The predicted molar refractivity (Wildman–Crippen MR) is 115 cm³/mol. The van der Waals surface area contributed by atoms with Gasteiger partial charge in [0, 0.05) is 31.4 Å². The Morgan fingerprint density at radius 1 is 1.21 bits per heavy atom. The summed E-state index contributed by atoms with van der Waals surface area (Å²) >= 11 is 0. The summed E-state index contributed by atoms with van der Waals surface area (Å²) in [6.07, 6.45) is 4.71. The molecule has 2 aromatic rings. The van der Waals surface area contributed by atoms with Crippen LogP contribution in [0.1, 0.15) is 32.8 Å². The third-order valence-electron chi connectivity index (χ3n) is 5.59. The van der Waals surface area contributed by atoms with E-state index in [4.69, 9.17) is 0 Å². The van der Waals surface area contributed by atoms with Gasteiger partial charge in [-0.25, -0.2) is 0 Å². The second-order valence-electron chi connectivity index (χ2n) is 7.43. The van der Waals surface area contributed by atoms with Crippen molar-refractivity contribution < 1.29 is 9.59 Å². The highest BCUT2D eigenvalue weighted by Crippen LogP contribution is 2.26. The number of carbonyl (C=O) groups excluding carboxylic acids is 2. The van der Waals surface area contributed by atoms with Gasteiger partial charge in [0.1, 0.15) is 0 Å². The zero-order valence-electron chi connectivity index (χ0n) is 17.6. The fourth-order valence-electron chi connectivity index (χ4n) is 3.62. The second kappa shape index (κ2) is 9.69. The maximum Gasteiger partial charge on any atom is 0.229 e. The molecule has 0 spiro atoms. The van der Waals surface area contributed by atoms with E-state index in [-0.39, 0.29) is 24.2 Å². The van der Waals surface area contributed by atoms with Crippen LogP contribution >= 0.6 is 0 Å². The van der Waals surface area contributed by atoms with Gasteiger partial charge in [-0.05, 0) is 37.2 Å². The summed E-state index contributed by atoms with van der Waals surface area (Å²) in [5.41, 5.74) is 2.76. The lowest BCUT2D eigenvalue weighted by Crippen LogP contribution is -2.28. The summed E-state index contributed by atoms with van der Waals surface area (Å²) in [4.78, 5) is 29.1. The lowest BCUT2D eigenvalue weighted by Gasteiger charge is -2.17. The van der Waals surface area contributed by atoms with Gasteiger partial charge >= 0.3 is 0 Å². The summed E-state index contributed by atoms with van der Waals surface area (Å²) < 4.78 is 1.84. The molecule has 2 amide bonds. The van der Waals surface area contributed by atoms with Gasteiger partial charge in [-0.1, -0.05) is 32.9 Å². The van der Waals surface area contributed by atoms with Crippen LogP contribution in [0.15, 0.2) is 36.7 Å². The first-order valence-electron chi connectivity index (χ1n) is 10.5. The molecule has 1 fully saturated rings. The minimum Gasteiger partial charge on any atom is -0.323 e. The number of aromatic nitrogens is 2. The molecule has 1 aliphatic heterocycles. The van der Waals surface area contributed by atoms with Crippen LogP contribution in [0, 0.1) is 5.92 Å². The van der Waals surface area contributed by atoms with Crippen LogP contribution in [-0.4, -0.2) is 52.7 Å². The van der Waals surface area contributed by atoms with Crippen molar-refractivity contribution in [2.24, 2.45) is 5.92 Å². The van der Waals surface area contributed by atoms with Crippen LogP contribution in [0.4, 0.5) is 11.4 Å². The van der Waals surface area contributed by atoms with Crippen LogP contribution in [0.5, 0.6) is 0 Å². The predicted octanol–water partition coefficient (Wildman–Crippen LogP) is 2.78. The Bertz CT molecular complexity index is 826. The number of carbonyl (C=O) groups is 2. The van der Waals surface area contributed by atoms with Crippen molar-refractivity contribution >= 4 is 23.2 Å². The molecule has 0 bridgehead atoms. The number of hydrogen-bond donors (Lipinski definition) is 1. The minimum absolute atomic E-state index is 0.00989. The number of hydrogen-bond acceptors (Lipinski definition) is 4. The second-order valence-corrected chi connectivity index (χ2v) is 7.43. The molecule has 0 radical (unpaired) electrons. The van der Waals surface area contributed by atoms with E-state index >= 15 is 0 Å². The normalized spacial score (nSPS) is 16.6. The zero-order valence-corrected chi connectivity index (χ0v) is 17.6. The van der Waals surface area contributed by atoms with Crippen molar-refractivity contribution in [1.82, 2.24) is 14.7 Å². The van der Waals surface area contributed by atoms with Crippen molar-refractivity contribution in [2.75, 3.05) is 36.4 Å². The molecule has 0 aliphatic carbocycles. The summed E-state index contributed by atoms with van der Waals surface area (Å²) in [5.74, 6) is -0.494. The first kappa shape index (κ1) is 21.0. The van der Waals surface area contributed by atoms with E-state index in [1.165, 1.54) is 5.56 Å². The molecule has 1 aliphatic rings. The highest BCUT2D eigenvalue weighted by atomic mass is 16.2. The maximum atomic E-state index is 12.7. The Kier molecular flexibility index (Phi) is 7.04. The summed E-state index contributed by atoms with van der Waals surface area (Å²) in [6.45, 7) is 10.5. The van der Waals surface area contributed by atoms with Crippen LogP contribution in [0.3, 0.4) is 0 Å². The molecular formula is C22H31N5O2. The van der Waals surface area contributed by atoms with Gasteiger partial charge in [-0.2, -0.15) is 5.10 Å². The van der Waals surface area contributed by atoms with E-state index in [9.17, 15) is 9.59 Å². The fraction of sp³-hybridized carbons (Fsp3) is 0.500. The molecule has 1 aromatic carbocycles. The van der Waals surface area contributed by atoms with Crippen molar-refractivity contribution in [2.45, 2.75) is 40.2 Å². The Morgan fingerprint density at radius 2 is 1.93 bits per heavy atom. The van der Waals surface area contributed by atoms with Crippen LogP contribution in [-0.2, 0) is 22.6 Å². The number of anilines is 2. The number of rotatable bonds is 9. The van der Waals surface area contributed by atoms with Crippen LogP contribution in [0.2, 0.25) is 0 Å². The minimum atomic E-state index is -0.354. The Morgan fingerprint density at radius 3 is 2.59 bits per heavy atom. The molecule has 7 nitrogen and oxygen atoms in total. The lowest BCUT2D eigenvalue weighted by atomic mass is 10.1. The van der Waals surface area contributed by atoms with Crippen molar-refractivity contribution in [3.63, 3.8) is 0 Å². The highest BCUT2D eigenvalue weighted by Gasteiger charge is 2.35. The van der Waals surface area contributed by atoms with E-state index in [0.29, 0.717) is 12.2 Å². The number of aryl methyl sites for hydroxylation is 1. The first-order valence-corrected chi connectivity index (χ1v) is 10.5. The van der Waals surface area contributed by atoms with E-state index in [1.54, 1.807) is 11.1 Å². The molecule has 1 N–H and O–H groups in total. The van der Waals surface area contributed by atoms with Gasteiger partial charge in [0.2, 0.25) is 11.8 Å². The third kappa shape index (κ3) is 5.23. The Hall–Kier alpha value is -2.67.